The SMILES string of the molecule is CCOc1ccc(C(S)CN(CC)CC)c(-c2ncc[nH]2)c1. The minimum absolute atomic E-state index is 0.135. The maximum absolute atomic E-state index is 5.63. The zero-order chi connectivity index (χ0) is 15.9. The van der Waals surface area contributed by atoms with Crippen molar-refractivity contribution in [3.8, 4) is 17.1 Å². The van der Waals surface area contributed by atoms with Crippen LogP contribution in [0.3, 0.4) is 0 Å². The van der Waals surface area contributed by atoms with Gasteiger partial charge >= 0.3 is 0 Å². The highest BCUT2D eigenvalue weighted by molar-refractivity contribution is 7.80. The summed E-state index contributed by atoms with van der Waals surface area (Å²) in [6.45, 7) is 9.97. The minimum Gasteiger partial charge on any atom is -0.494 e. The van der Waals surface area contributed by atoms with Gasteiger partial charge in [-0.2, -0.15) is 12.6 Å². The Morgan fingerprint density at radius 3 is 2.64 bits per heavy atom. The summed E-state index contributed by atoms with van der Waals surface area (Å²) in [6, 6.07) is 6.16. The molecule has 0 amide bonds. The molecule has 1 aromatic carbocycles. The van der Waals surface area contributed by atoms with Crippen LogP contribution in [0.5, 0.6) is 5.75 Å². The van der Waals surface area contributed by atoms with Crippen LogP contribution in [0.15, 0.2) is 30.6 Å². The van der Waals surface area contributed by atoms with E-state index < -0.39 is 0 Å². The molecule has 0 spiro atoms. The summed E-state index contributed by atoms with van der Waals surface area (Å²) in [5, 5.41) is 0.135. The third-order valence-electron chi connectivity index (χ3n) is 3.77. The van der Waals surface area contributed by atoms with Crippen LogP contribution in [-0.4, -0.2) is 41.1 Å². The van der Waals surface area contributed by atoms with Crippen molar-refractivity contribution in [3.63, 3.8) is 0 Å². The number of H-pyrrole nitrogens is 1. The summed E-state index contributed by atoms with van der Waals surface area (Å²) in [7, 11) is 0. The van der Waals surface area contributed by atoms with E-state index in [4.69, 9.17) is 17.4 Å². The van der Waals surface area contributed by atoms with Gasteiger partial charge in [0.1, 0.15) is 11.6 Å². The van der Waals surface area contributed by atoms with Crippen LogP contribution < -0.4 is 4.74 Å². The molecule has 5 heteroatoms. The molecule has 0 saturated carbocycles. The summed E-state index contributed by atoms with van der Waals surface area (Å²) in [6.07, 6.45) is 3.61. The number of nitrogens with zero attached hydrogens (tertiary/aromatic N) is 2. The molecule has 2 rings (SSSR count). The van der Waals surface area contributed by atoms with Gasteiger partial charge in [-0.3, -0.25) is 0 Å². The first-order valence-electron chi connectivity index (χ1n) is 7.86. The summed E-state index contributed by atoms with van der Waals surface area (Å²) in [5.41, 5.74) is 2.23. The Bertz CT molecular complexity index is 567. The second-order valence-corrected chi connectivity index (χ2v) is 5.74. The number of ether oxygens (including phenoxy) is 1. The lowest BCUT2D eigenvalue weighted by molar-refractivity contribution is 0.306. The van der Waals surface area contributed by atoms with E-state index in [1.807, 2.05) is 25.3 Å². The Morgan fingerprint density at radius 1 is 1.27 bits per heavy atom. The van der Waals surface area contributed by atoms with E-state index in [0.717, 1.165) is 36.8 Å². The van der Waals surface area contributed by atoms with Crippen LogP contribution in [0.2, 0.25) is 0 Å². The molecule has 1 heterocycles. The number of aromatic nitrogens is 2. The molecule has 1 aromatic heterocycles. The number of nitrogens with one attached hydrogen (secondary N) is 1. The molecular weight excluding hydrogens is 294 g/mol. The first kappa shape index (κ1) is 16.9. The number of benzene rings is 1. The fraction of sp³-hybridized carbons (Fsp3) is 0.471. The molecule has 1 unspecified atom stereocenters. The van der Waals surface area contributed by atoms with Crippen molar-refractivity contribution >= 4 is 12.6 Å². The van der Waals surface area contributed by atoms with Gasteiger partial charge in [-0.1, -0.05) is 19.9 Å². The quantitative estimate of drug-likeness (QED) is 0.727. The molecule has 1 atom stereocenters. The largest absolute Gasteiger partial charge is 0.494 e. The molecule has 1 N–H and O–H groups in total. The van der Waals surface area contributed by atoms with E-state index in [2.05, 4.69) is 34.8 Å². The zero-order valence-corrected chi connectivity index (χ0v) is 14.4. The molecular formula is C17H25N3OS. The molecule has 22 heavy (non-hydrogen) atoms. The van der Waals surface area contributed by atoms with E-state index in [9.17, 15) is 0 Å². The minimum atomic E-state index is 0.135. The normalized spacial score (nSPS) is 12.6. The number of rotatable bonds is 8. The molecule has 0 bridgehead atoms. The van der Waals surface area contributed by atoms with Crippen molar-refractivity contribution in [2.24, 2.45) is 0 Å². The second-order valence-electron chi connectivity index (χ2n) is 5.12. The molecule has 0 fully saturated rings. The van der Waals surface area contributed by atoms with Gasteiger partial charge < -0.3 is 14.6 Å². The fourth-order valence-electron chi connectivity index (χ4n) is 2.52. The van der Waals surface area contributed by atoms with Crippen LogP contribution in [0.4, 0.5) is 0 Å². The number of aromatic amines is 1. The molecule has 0 aliphatic heterocycles. The molecule has 0 aliphatic carbocycles. The van der Waals surface area contributed by atoms with Gasteiger partial charge in [0.05, 0.1) is 6.61 Å². The Hall–Kier alpha value is -1.46. The third-order valence-corrected chi connectivity index (χ3v) is 4.22. The van der Waals surface area contributed by atoms with Crippen LogP contribution >= 0.6 is 12.6 Å². The predicted molar refractivity (Wildman–Crippen MR) is 94.7 cm³/mol. The lowest BCUT2D eigenvalue weighted by Gasteiger charge is -2.24. The molecule has 120 valence electrons. The molecule has 2 aromatic rings. The number of imidazole rings is 1. The molecule has 4 nitrogen and oxygen atoms in total. The molecule has 0 saturated heterocycles. The number of likely N-dealkylation sites (N-methyl/N-ethyl adjacent to an activating group) is 1. The van der Waals surface area contributed by atoms with Crippen molar-refractivity contribution in [1.82, 2.24) is 14.9 Å². The Balaban J connectivity index is 2.33. The van der Waals surface area contributed by atoms with Gasteiger partial charge in [0.2, 0.25) is 0 Å². The smallest absolute Gasteiger partial charge is 0.137 e. The van der Waals surface area contributed by atoms with Gasteiger partial charge in [0, 0.05) is 29.8 Å². The Morgan fingerprint density at radius 2 is 2.05 bits per heavy atom. The number of thiol groups is 1. The lowest BCUT2D eigenvalue weighted by atomic mass is 10.0. The van der Waals surface area contributed by atoms with Crippen LogP contribution in [0, 0.1) is 0 Å². The topological polar surface area (TPSA) is 41.1 Å². The number of hydrogen-bond acceptors (Lipinski definition) is 4. The van der Waals surface area contributed by atoms with Crippen molar-refractivity contribution in [1.29, 1.82) is 0 Å². The summed E-state index contributed by atoms with van der Waals surface area (Å²) in [5.74, 6) is 1.72. The average molecular weight is 319 g/mol. The monoisotopic (exact) mass is 319 g/mol. The van der Waals surface area contributed by atoms with E-state index in [1.54, 1.807) is 6.20 Å². The Kier molecular flexibility index (Phi) is 6.34. The van der Waals surface area contributed by atoms with Crippen molar-refractivity contribution in [3.05, 3.63) is 36.2 Å². The first-order valence-corrected chi connectivity index (χ1v) is 8.38. The van der Waals surface area contributed by atoms with Gasteiger partial charge in [0.15, 0.2) is 0 Å². The van der Waals surface area contributed by atoms with E-state index in [0.29, 0.717) is 6.61 Å². The highest BCUT2D eigenvalue weighted by Crippen LogP contribution is 2.33. The standard InChI is InChI=1S/C17H25N3OS/c1-4-20(5-2)12-16(22)14-8-7-13(21-6-3)11-15(14)17-18-9-10-19-17/h7-11,16,22H,4-6,12H2,1-3H3,(H,18,19). The van der Waals surface area contributed by atoms with Crippen molar-refractivity contribution in [2.75, 3.05) is 26.2 Å². The van der Waals surface area contributed by atoms with Crippen molar-refractivity contribution in [2.45, 2.75) is 26.0 Å². The number of hydrogen-bond donors (Lipinski definition) is 2. The Labute approximate surface area is 138 Å². The molecule has 0 radical (unpaired) electrons. The summed E-state index contributed by atoms with van der Waals surface area (Å²) >= 11 is 4.83. The van der Waals surface area contributed by atoms with E-state index in [1.165, 1.54) is 5.56 Å². The highest BCUT2D eigenvalue weighted by Gasteiger charge is 2.17. The lowest BCUT2D eigenvalue weighted by Crippen LogP contribution is -2.26. The average Bonchev–Trinajstić information content (AvgIpc) is 3.07. The van der Waals surface area contributed by atoms with Gasteiger partial charge in [-0.05, 0) is 37.7 Å². The van der Waals surface area contributed by atoms with Crippen LogP contribution in [-0.2, 0) is 0 Å². The van der Waals surface area contributed by atoms with Gasteiger partial charge in [0.25, 0.3) is 0 Å². The maximum Gasteiger partial charge on any atom is 0.137 e. The first-order chi connectivity index (χ1) is 10.7. The van der Waals surface area contributed by atoms with Gasteiger partial charge in [-0.25, -0.2) is 4.98 Å². The summed E-state index contributed by atoms with van der Waals surface area (Å²) in [4.78, 5) is 9.95. The van der Waals surface area contributed by atoms with E-state index >= 15 is 0 Å². The third kappa shape index (κ3) is 4.05. The van der Waals surface area contributed by atoms with Crippen LogP contribution in [0.25, 0.3) is 11.4 Å². The summed E-state index contributed by atoms with van der Waals surface area (Å²) < 4.78 is 5.63. The van der Waals surface area contributed by atoms with E-state index in [-0.39, 0.29) is 5.25 Å². The van der Waals surface area contributed by atoms with Gasteiger partial charge in [-0.15, -0.1) is 0 Å². The van der Waals surface area contributed by atoms with Crippen LogP contribution in [0.1, 0.15) is 31.6 Å². The predicted octanol–water partition coefficient (Wildman–Crippen LogP) is 3.79. The maximum atomic E-state index is 5.63. The zero-order valence-electron chi connectivity index (χ0n) is 13.5. The second kappa shape index (κ2) is 8.25. The highest BCUT2D eigenvalue weighted by atomic mass is 32.1. The molecule has 0 aliphatic rings. The van der Waals surface area contributed by atoms with Crippen molar-refractivity contribution < 1.29 is 4.74 Å². The fourth-order valence-corrected chi connectivity index (χ4v) is 2.98.